The van der Waals surface area contributed by atoms with Crippen LogP contribution in [0.5, 0.6) is 0 Å². The minimum Gasteiger partial charge on any atom is -0.462 e. The Bertz CT molecular complexity index is 1550. The third-order valence-corrected chi connectivity index (χ3v) is 14.0. The fourth-order valence-electron chi connectivity index (χ4n) is 8.40. The molecule has 76 heavy (non-hydrogen) atoms. The van der Waals surface area contributed by atoms with Crippen LogP contribution in [0.25, 0.3) is 0 Å². The lowest BCUT2D eigenvalue weighted by atomic mass is 10.1. The van der Waals surface area contributed by atoms with Gasteiger partial charge in [-0.15, -0.1) is 0 Å². The quantitative estimate of drug-likeness (QED) is 0.0197. The lowest BCUT2D eigenvalue weighted by Crippen LogP contribution is -2.30. The second-order valence-electron chi connectivity index (χ2n) is 20.5. The van der Waals surface area contributed by atoms with Gasteiger partial charge in [-0.1, -0.05) is 222 Å². The molecule has 0 aliphatic heterocycles. The number of hydrogen-bond donors (Lipinski definition) is 2. The van der Waals surface area contributed by atoms with Gasteiger partial charge < -0.3 is 24.2 Å². The monoisotopic (exact) mass is 1090 g/mol. The van der Waals surface area contributed by atoms with Crippen molar-refractivity contribution in [1.82, 2.24) is 0 Å². The second-order valence-corrected chi connectivity index (χ2v) is 21.9. The minimum atomic E-state index is -4.76. The van der Waals surface area contributed by atoms with Crippen LogP contribution in [0, 0.1) is 0 Å². The number of hydrogen-bond acceptors (Lipinski definition) is 10. The van der Waals surface area contributed by atoms with Gasteiger partial charge >= 0.3 is 25.7 Å². The van der Waals surface area contributed by atoms with Gasteiger partial charge in [0.1, 0.15) is 12.7 Å². The van der Waals surface area contributed by atoms with Crippen molar-refractivity contribution in [2.45, 2.75) is 290 Å². The number of rotatable bonds is 57. The van der Waals surface area contributed by atoms with Crippen LogP contribution in [0.15, 0.2) is 72.9 Å². The zero-order chi connectivity index (χ0) is 55.5. The third-order valence-electron chi connectivity index (χ3n) is 13.1. The molecule has 440 valence electrons. The number of ether oxygens (including phenoxy) is 3. The van der Waals surface area contributed by atoms with Crippen molar-refractivity contribution in [2.24, 2.45) is 0 Å². The zero-order valence-electron chi connectivity index (χ0n) is 48.7. The first-order chi connectivity index (χ1) is 37.2. The molecule has 0 aliphatic carbocycles. The first-order valence-corrected chi connectivity index (χ1v) is 32.3. The Morgan fingerprint density at radius 2 is 0.684 bits per heavy atom. The predicted octanol–water partition coefficient (Wildman–Crippen LogP) is 18.5. The highest BCUT2D eigenvalue weighted by Gasteiger charge is 2.28. The lowest BCUT2D eigenvalue weighted by Gasteiger charge is -2.21. The summed E-state index contributed by atoms with van der Waals surface area (Å²) in [4.78, 5) is 48.6. The van der Waals surface area contributed by atoms with Crippen LogP contribution < -0.4 is 0 Å². The summed E-state index contributed by atoms with van der Waals surface area (Å²) in [6.45, 7) is 4.51. The van der Waals surface area contributed by atoms with Crippen LogP contribution in [0.1, 0.15) is 278 Å². The summed E-state index contributed by atoms with van der Waals surface area (Å²) in [6, 6.07) is 0. The van der Waals surface area contributed by atoms with Crippen molar-refractivity contribution >= 4 is 25.7 Å². The SMILES string of the molecule is CC/C=C\C/C=C\C/C=C\C/C=C\CCCCCCCCC(=O)OC(COC(=O)CCCCCCCCC/C=C\CCCCCCCC)COP(=O)(O)OCC(CO)OC(=O)CCCCCCC/C=C\CCCCCC. The number of aliphatic hydroxyl groups is 1. The topological polar surface area (TPSA) is 155 Å². The fraction of sp³-hybridized carbons (Fsp3) is 0.766. The van der Waals surface area contributed by atoms with E-state index in [2.05, 4.69) is 93.7 Å². The van der Waals surface area contributed by atoms with E-state index in [0.29, 0.717) is 19.3 Å². The maximum absolute atomic E-state index is 12.9. The van der Waals surface area contributed by atoms with E-state index >= 15 is 0 Å². The number of phosphoric acid groups is 1. The molecule has 0 amide bonds. The van der Waals surface area contributed by atoms with Crippen LogP contribution in [0.3, 0.4) is 0 Å². The number of carbonyl (C=O) groups is 3. The second kappa shape index (κ2) is 58.1. The van der Waals surface area contributed by atoms with Crippen molar-refractivity contribution in [2.75, 3.05) is 26.4 Å². The van der Waals surface area contributed by atoms with E-state index in [9.17, 15) is 28.9 Å². The van der Waals surface area contributed by atoms with E-state index in [0.717, 1.165) is 128 Å². The number of carbonyl (C=O) groups excluding carboxylic acids is 3. The first-order valence-electron chi connectivity index (χ1n) is 30.8. The largest absolute Gasteiger partial charge is 0.472 e. The number of allylic oxidation sites excluding steroid dienone is 12. The molecule has 0 aromatic carbocycles. The number of esters is 3. The van der Waals surface area contributed by atoms with Gasteiger partial charge in [-0.2, -0.15) is 0 Å². The highest BCUT2D eigenvalue weighted by Crippen LogP contribution is 2.43. The molecular weight excluding hydrogens is 976 g/mol. The normalized spacial score (nSPS) is 13.8. The Labute approximate surface area is 465 Å². The Morgan fingerprint density at radius 1 is 0.382 bits per heavy atom. The molecule has 0 radical (unpaired) electrons. The molecule has 0 aromatic rings. The molecule has 0 saturated heterocycles. The van der Waals surface area contributed by atoms with Crippen molar-refractivity contribution in [3.8, 4) is 0 Å². The summed E-state index contributed by atoms with van der Waals surface area (Å²) in [5.41, 5.74) is 0. The van der Waals surface area contributed by atoms with Gasteiger partial charge in [0.2, 0.25) is 0 Å². The Hall–Kier alpha value is -3.08. The van der Waals surface area contributed by atoms with Gasteiger partial charge in [0.25, 0.3) is 0 Å². The van der Waals surface area contributed by atoms with E-state index in [1.165, 1.54) is 89.9 Å². The number of unbranched alkanes of at least 4 members (excludes halogenated alkanes) is 28. The molecule has 0 heterocycles. The summed E-state index contributed by atoms with van der Waals surface area (Å²) >= 11 is 0. The predicted molar refractivity (Wildman–Crippen MR) is 316 cm³/mol. The van der Waals surface area contributed by atoms with Crippen LogP contribution in [0.4, 0.5) is 0 Å². The molecule has 0 aliphatic rings. The summed E-state index contributed by atoms with van der Waals surface area (Å²) in [6.07, 6.45) is 65.6. The van der Waals surface area contributed by atoms with E-state index in [4.69, 9.17) is 23.3 Å². The molecule has 2 N–H and O–H groups in total. The smallest absolute Gasteiger partial charge is 0.462 e. The van der Waals surface area contributed by atoms with Crippen LogP contribution in [0.2, 0.25) is 0 Å². The molecule has 0 fully saturated rings. The molecule has 0 rings (SSSR count). The fourth-order valence-corrected chi connectivity index (χ4v) is 9.18. The van der Waals surface area contributed by atoms with E-state index in [1.54, 1.807) is 0 Å². The Morgan fingerprint density at radius 3 is 1.08 bits per heavy atom. The van der Waals surface area contributed by atoms with Crippen LogP contribution in [-0.2, 0) is 42.2 Å². The molecule has 11 nitrogen and oxygen atoms in total. The van der Waals surface area contributed by atoms with Crippen LogP contribution in [-0.4, -0.2) is 66.5 Å². The molecule has 3 unspecified atom stereocenters. The highest BCUT2D eigenvalue weighted by atomic mass is 31.2. The maximum atomic E-state index is 12.9. The molecule has 3 atom stereocenters. The molecule has 12 heteroatoms. The van der Waals surface area contributed by atoms with Gasteiger partial charge in [0, 0.05) is 19.3 Å². The van der Waals surface area contributed by atoms with E-state index < -0.39 is 57.8 Å². The standard InChI is InChI=1S/C64H113O11P/c1-4-7-10-13-16-19-22-25-27-29-30-32-34-37-40-43-46-49-52-55-64(68)75-61(57-71-62(66)53-50-47-44-41-38-36-33-31-28-26-23-20-17-14-11-8-5-2)59-73-76(69,70)72-58-60(56-65)74-63(67)54-51-48-45-42-39-35-24-21-18-15-12-9-6-3/h7,10,16,19,21,24-28,30,32,60-61,65H,4-6,8-9,11-15,17-18,20,22-23,29,31,33-59H2,1-3H3,(H,69,70)/b10-7-,19-16-,24-21-,27-25-,28-26-,32-30-. The first kappa shape index (κ1) is 72.9. The summed E-state index contributed by atoms with van der Waals surface area (Å²) in [5, 5.41) is 9.82. The molecule has 0 bridgehead atoms. The zero-order valence-corrected chi connectivity index (χ0v) is 49.6. The van der Waals surface area contributed by atoms with Gasteiger partial charge in [0.15, 0.2) is 6.10 Å². The van der Waals surface area contributed by atoms with Gasteiger partial charge in [-0.25, -0.2) is 4.57 Å². The van der Waals surface area contributed by atoms with E-state index in [1.807, 2.05) is 0 Å². The van der Waals surface area contributed by atoms with E-state index in [-0.39, 0.29) is 25.9 Å². The third kappa shape index (κ3) is 55.7. The lowest BCUT2D eigenvalue weighted by molar-refractivity contribution is -0.161. The summed E-state index contributed by atoms with van der Waals surface area (Å²) in [5.74, 6) is -1.49. The average molecular weight is 1090 g/mol. The van der Waals surface area contributed by atoms with Gasteiger partial charge in [-0.05, 0) is 109 Å². The highest BCUT2D eigenvalue weighted by molar-refractivity contribution is 7.47. The molecule has 0 saturated carbocycles. The number of phosphoric ester groups is 1. The summed E-state index contributed by atoms with van der Waals surface area (Å²) in [7, 11) is -4.76. The van der Waals surface area contributed by atoms with Crippen LogP contribution >= 0.6 is 7.82 Å². The van der Waals surface area contributed by atoms with Gasteiger partial charge in [0.05, 0.1) is 19.8 Å². The van der Waals surface area contributed by atoms with Crippen molar-refractivity contribution in [1.29, 1.82) is 0 Å². The minimum absolute atomic E-state index is 0.149. The number of aliphatic hydroxyl groups excluding tert-OH is 1. The molecule has 0 aromatic heterocycles. The van der Waals surface area contributed by atoms with Crippen molar-refractivity contribution in [3.63, 3.8) is 0 Å². The maximum Gasteiger partial charge on any atom is 0.472 e. The van der Waals surface area contributed by atoms with Crippen molar-refractivity contribution in [3.05, 3.63) is 72.9 Å². The molecule has 0 spiro atoms. The molecular formula is C64H113O11P. The van der Waals surface area contributed by atoms with Gasteiger partial charge in [-0.3, -0.25) is 23.4 Å². The Kier molecular flexibility index (Phi) is 55.7. The average Bonchev–Trinajstić information content (AvgIpc) is 3.41. The Balaban J connectivity index is 4.75. The summed E-state index contributed by atoms with van der Waals surface area (Å²) < 4.78 is 39.6. The van der Waals surface area contributed by atoms with Crippen molar-refractivity contribution < 1.29 is 52.2 Å².